The van der Waals surface area contributed by atoms with Gasteiger partial charge in [0.05, 0.1) is 6.61 Å². The van der Waals surface area contributed by atoms with Crippen LogP contribution in [0.3, 0.4) is 0 Å². The van der Waals surface area contributed by atoms with Gasteiger partial charge in [-0.3, -0.25) is 0 Å². The molecule has 3 aromatic rings. The van der Waals surface area contributed by atoms with E-state index in [1.807, 2.05) is 42.5 Å². The zero-order valence-electron chi connectivity index (χ0n) is 11.4. The van der Waals surface area contributed by atoms with E-state index in [-0.39, 0.29) is 24.0 Å². The number of aromatic carboxylic acids is 1. The third-order valence-corrected chi connectivity index (χ3v) is 3.17. The van der Waals surface area contributed by atoms with Gasteiger partial charge in [-0.15, -0.1) is 0 Å². The molecule has 0 saturated heterocycles. The minimum atomic E-state index is -1.15. The van der Waals surface area contributed by atoms with Crippen LogP contribution in [-0.2, 0) is 11.3 Å². The standard InChI is InChI=1S/C16H13NO4/c1-20-9-13-14(16(18)19)21-15(17-13)12-7-6-10-4-2-3-5-11(10)8-12/h2-8H,9H2,1H3,(H,18,19). The lowest BCUT2D eigenvalue weighted by atomic mass is 10.1. The van der Waals surface area contributed by atoms with Crippen molar-refractivity contribution in [2.75, 3.05) is 7.11 Å². The first kappa shape index (κ1) is 13.3. The fraction of sp³-hybridized carbons (Fsp3) is 0.125. The van der Waals surface area contributed by atoms with E-state index < -0.39 is 5.97 Å². The summed E-state index contributed by atoms with van der Waals surface area (Å²) in [5.74, 6) is -1.05. The molecule has 0 unspecified atom stereocenters. The van der Waals surface area contributed by atoms with E-state index >= 15 is 0 Å². The molecule has 0 aliphatic rings. The number of rotatable bonds is 4. The Balaban J connectivity index is 2.09. The van der Waals surface area contributed by atoms with Gasteiger partial charge < -0.3 is 14.3 Å². The maximum absolute atomic E-state index is 11.2. The zero-order chi connectivity index (χ0) is 14.8. The van der Waals surface area contributed by atoms with Gasteiger partial charge in [0, 0.05) is 12.7 Å². The highest BCUT2D eigenvalue weighted by molar-refractivity contribution is 5.88. The minimum Gasteiger partial charge on any atom is -0.475 e. The Hall–Kier alpha value is -2.66. The van der Waals surface area contributed by atoms with Gasteiger partial charge in [0.1, 0.15) is 5.69 Å². The number of ether oxygens (including phenoxy) is 1. The SMILES string of the molecule is COCc1nc(-c2ccc3ccccc3c2)oc1C(=O)O. The molecule has 0 saturated carbocycles. The first-order chi connectivity index (χ1) is 10.2. The molecule has 0 radical (unpaired) electrons. The Labute approximate surface area is 120 Å². The number of hydrogen-bond acceptors (Lipinski definition) is 4. The average Bonchev–Trinajstić information content (AvgIpc) is 2.91. The Morgan fingerprint density at radius 3 is 2.71 bits per heavy atom. The molecule has 2 aromatic carbocycles. The van der Waals surface area contributed by atoms with Gasteiger partial charge in [0.25, 0.3) is 0 Å². The fourth-order valence-electron chi connectivity index (χ4n) is 2.20. The monoisotopic (exact) mass is 283 g/mol. The lowest BCUT2D eigenvalue weighted by Gasteiger charge is -1.99. The van der Waals surface area contributed by atoms with Crippen molar-refractivity contribution in [2.24, 2.45) is 0 Å². The van der Waals surface area contributed by atoms with Gasteiger partial charge in [0.15, 0.2) is 0 Å². The lowest BCUT2D eigenvalue weighted by molar-refractivity contribution is 0.0656. The Morgan fingerprint density at radius 2 is 2.00 bits per heavy atom. The van der Waals surface area contributed by atoms with Crippen molar-refractivity contribution < 1.29 is 19.1 Å². The third kappa shape index (κ3) is 2.51. The first-order valence-electron chi connectivity index (χ1n) is 6.40. The van der Waals surface area contributed by atoms with E-state index in [9.17, 15) is 4.79 Å². The number of fused-ring (bicyclic) bond motifs is 1. The van der Waals surface area contributed by atoms with E-state index in [2.05, 4.69) is 4.98 Å². The van der Waals surface area contributed by atoms with E-state index in [0.29, 0.717) is 0 Å². The molecular weight excluding hydrogens is 270 g/mol. The Kier molecular flexibility index (Phi) is 3.41. The second-order valence-electron chi connectivity index (χ2n) is 4.59. The number of carboxylic acids is 1. The molecule has 5 heteroatoms. The van der Waals surface area contributed by atoms with Crippen LogP contribution in [-0.4, -0.2) is 23.2 Å². The van der Waals surface area contributed by atoms with Gasteiger partial charge >= 0.3 is 5.97 Å². The molecule has 3 rings (SSSR count). The molecular formula is C16H13NO4. The summed E-state index contributed by atoms with van der Waals surface area (Å²) in [5.41, 5.74) is 1.02. The van der Waals surface area contributed by atoms with Crippen molar-refractivity contribution in [3.05, 3.63) is 53.9 Å². The van der Waals surface area contributed by atoms with E-state index in [0.717, 1.165) is 16.3 Å². The van der Waals surface area contributed by atoms with Crippen LogP contribution in [0.1, 0.15) is 16.2 Å². The quantitative estimate of drug-likeness (QED) is 0.795. The largest absolute Gasteiger partial charge is 0.475 e. The van der Waals surface area contributed by atoms with Crippen molar-refractivity contribution in [3.63, 3.8) is 0 Å². The highest BCUT2D eigenvalue weighted by Crippen LogP contribution is 2.26. The molecule has 0 aliphatic carbocycles. The fourth-order valence-corrected chi connectivity index (χ4v) is 2.20. The molecule has 106 valence electrons. The van der Waals surface area contributed by atoms with Gasteiger partial charge in [0.2, 0.25) is 11.7 Å². The van der Waals surface area contributed by atoms with Crippen LogP contribution in [0.15, 0.2) is 46.9 Å². The molecule has 1 aromatic heterocycles. The number of carboxylic acid groups (broad SMARTS) is 1. The molecule has 0 amide bonds. The summed E-state index contributed by atoms with van der Waals surface area (Å²) in [5, 5.41) is 11.3. The van der Waals surface area contributed by atoms with Gasteiger partial charge in [-0.1, -0.05) is 30.3 Å². The van der Waals surface area contributed by atoms with Crippen LogP contribution in [0.5, 0.6) is 0 Å². The maximum atomic E-state index is 11.2. The van der Waals surface area contributed by atoms with Crippen molar-refractivity contribution in [1.82, 2.24) is 4.98 Å². The number of hydrogen-bond donors (Lipinski definition) is 1. The van der Waals surface area contributed by atoms with Crippen LogP contribution in [0, 0.1) is 0 Å². The van der Waals surface area contributed by atoms with Crippen LogP contribution >= 0.6 is 0 Å². The van der Waals surface area contributed by atoms with Crippen LogP contribution in [0.2, 0.25) is 0 Å². The third-order valence-electron chi connectivity index (χ3n) is 3.17. The Bertz CT molecular complexity index is 807. The second-order valence-corrected chi connectivity index (χ2v) is 4.59. The van der Waals surface area contributed by atoms with Crippen LogP contribution in [0.4, 0.5) is 0 Å². The van der Waals surface area contributed by atoms with E-state index in [1.54, 1.807) is 0 Å². The summed E-state index contributed by atoms with van der Waals surface area (Å²) < 4.78 is 10.3. The van der Waals surface area contributed by atoms with Crippen molar-refractivity contribution >= 4 is 16.7 Å². The van der Waals surface area contributed by atoms with Crippen LogP contribution < -0.4 is 0 Å². The van der Waals surface area contributed by atoms with Crippen molar-refractivity contribution in [2.45, 2.75) is 6.61 Å². The normalized spacial score (nSPS) is 10.9. The summed E-state index contributed by atoms with van der Waals surface area (Å²) in [6.07, 6.45) is 0. The number of benzene rings is 2. The molecule has 0 aliphatic heterocycles. The minimum absolute atomic E-state index is 0.0959. The molecule has 21 heavy (non-hydrogen) atoms. The zero-order valence-corrected chi connectivity index (χ0v) is 11.4. The van der Waals surface area contributed by atoms with Crippen LogP contribution in [0.25, 0.3) is 22.2 Å². The van der Waals surface area contributed by atoms with Gasteiger partial charge in [-0.25, -0.2) is 9.78 Å². The molecule has 1 N–H and O–H groups in total. The highest BCUT2D eigenvalue weighted by atomic mass is 16.5. The van der Waals surface area contributed by atoms with Gasteiger partial charge in [-0.2, -0.15) is 0 Å². The van der Waals surface area contributed by atoms with Crippen molar-refractivity contribution in [1.29, 1.82) is 0 Å². The molecule has 5 nitrogen and oxygen atoms in total. The molecule has 0 spiro atoms. The molecule has 0 fully saturated rings. The summed E-state index contributed by atoms with van der Waals surface area (Å²) in [7, 11) is 1.48. The lowest BCUT2D eigenvalue weighted by Crippen LogP contribution is -2.00. The number of aromatic nitrogens is 1. The smallest absolute Gasteiger partial charge is 0.373 e. The predicted molar refractivity (Wildman–Crippen MR) is 77.1 cm³/mol. The summed E-state index contributed by atoms with van der Waals surface area (Å²) in [6.45, 7) is 0.0959. The second kappa shape index (κ2) is 5.38. The van der Waals surface area contributed by atoms with E-state index in [4.69, 9.17) is 14.3 Å². The number of methoxy groups -OCH3 is 1. The highest BCUT2D eigenvalue weighted by Gasteiger charge is 2.20. The molecule has 1 heterocycles. The predicted octanol–water partition coefficient (Wildman–Crippen LogP) is 3.34. The molecule has 0 bridgehead atoms. The van der Waals surface area contributed by atoms with Gasteiger partial charge in [-0.05, 0) is 22.9 Å². The first-order valence-corrected chi connectivity index (χ1v) is 6.40. The Morgan fingerprint density at radius 1 is 1.24 bits per heavy atom. The maximum Gasteiger partial charge on any atom is 0.373 e. The number of carbonyl (C=O) groups is 1. The average molecular weight is 283 g/mol. The van der Waals surface area contributed by atoms with E-state index in [1.165, 1.54) is 7.11 Å². The summed E-state index contributed by atoms with van der Waals surface area (Å²) in [4.78, 5) is 15.4. The van der Waals surface area contributed by atoms with Crippen molar-refractivity contribution in [3.8, 4) is 11.5 Å². The topological polar surface area (TPSA) is 72.6 Å². The number of nitrogens with zero attached hydrogens (tertiary/aromatic N) is 1. The summed E-state index contributed by atoms with van der Waals surface area (Å²) >= 11 is 0. The summed E-state index contributed by atoms with van der Waals surface area (Å²) in [6, 6.07) is 13.6. The number of oxazole rings is 1. The molecule has 0 atom stereocenters.